The van der Waals surface area contributed by atoms with Gasteiger partial charge in [0.05, 0.1) is 5.02 Å². The molecule has 0 aliphatic carbocycles. The number of aromatic nitrogens is 3. The van der Waals surface area contributed by atoms with Crippen LogP contribution in [0.3, 0.4) is 0 Å². The van der Waals surface area contributed by atoms with Gasteiger partial charge in [0.2, 0.25) is 0 Å². The molecule has 7 heteroatoms. The quantitative estimate of drug-likeness (QED) is 0.852. The number of ether oxygens (including phenoxy) is 1. The zero-order valence-corrected chi connectivity index (χ0v) is 14.6. The molecule has 0 unspecified atom stereocenters. The first kappa shape index (κ1) is 16.8. The lowest BCUT2D eigenvalue weighted by Crippen LogP contribution is -2.45. The Morgan fingerprint density at radius 3 is 2.92 bits per heavy atom. The smallest absolute Gasteiger partial charge is 0.263 e. The van der Waals surface area contributed by atoms with E-state index in [1.54, 1.807) is 25.4 Å². The number of benzene rings is 1. The lowest BCUT2D eigenvalue weighted by Gasteiger charge is -2.33. The third-order valence-electron chi connectivity index (χ3n) is 4.33. The Balaban J connectivity index is 1.66. The predicted octanol–water partition coefficient (Wildman–Crippen LogP) is 2.64. The van der Waals surface area contributed by atoms with Gasteiger partial charge in [0, 0.05) is 26.1 Å². The van der Waals surface area contributed by atoms with Gasteiger partial charge in [-0.05, 0) is 31.9 Å². The first-order chi connectivity index (χ1) is 11.6. The zero-order chi connectivity index (χ0) is 17.1. The molecule has 2 aromatic rings. The van der Waals surface area contributed by atoms with Gasteiger partial charge in [-0.1, -0.05) is 23.7 Å². The standard InChI is InChI=1S/C17H21ClN4O2/c1-12(24-15-8-4-3-7-14(15)18)17(23)22-9-5-6-13(10-22)16-20-19-11-21(16)2/h3-4,7-8,11-13H,5-6,9-10H2,1-2H3/t12-,13+/m0/s1. The van der Waals surface area contributed by atoms with Crippen LogP contribution in [0.4, 0.5) is 0 Å². The Labute approximate surface area is 146 Å². The predicted molar refractivity (Wildman–Crippen MR) is 91.1 cm³/mol. The molecular weight excluding hydrogens is 328 g/mol. The van der Waals surface area contributed by atoms with E-state index in [0.29, 0.717) is 17.3 Å². The molecule has 1 aliphatic rings. The number of carbonyl (C=O) groups excluding carboxylic acids is 1. The average Bonchev–Trinajstić information content (AvgIpc) is 3.02. The van der Waals surface area contributed by atoms with Crippen LogP contribution in [0.25, 0.3) is 0 Å². The number of hydrogen-bond acceptors (Lipinski definition) is 4. The molecule has 2 atom stereocenters. The van der Waals surface area contributed by atoms with Crippen molar-refractivity contribution in [2.75, 3.05) is 13.1 Å². The Kier molecular flexibility index (Phi) is 5.04. The van der Waals surface area contributed by atoms with Gasteiger partial charge in [0.1, 0.15) is 17.9 Å². The minimum absolute atomic E-state index is 0.0261. The minimum Gasteiger partial charge on any atom is -0.479 e. The Hall–Kier alpha value is -2.08. The fourth-order valence-electron chi connectivity index (χ4n) is 3.09. The highest BCUT2D eigenvalue weighted by Gasteiger charge is 2.30. The fraction of sp³-hybridized carbons (Fsp3) is 0.471. The summed E-state index contributed by atoms with van der Waals surface area (Å²) in [5.74, 6) is 1.64. The molecule has 1 amide bonds. The number of halogens is 1. The molecule has 1 aromatic heterocycles. The van der Waals surface area contributed by atoms with Gasteiger partial charge >= 0.3 is 0 Å². The molecule has 1 saturated heterocycles. The number of para-hydroxylation sites is 1. The molecule has 0 spiro atoms. The number of rotatable bonds is 4. The van der Waals surface area contributed by atoms with Crippen LogP contribution in [-0.2, 0) is 11.8 Å². The summed E-state index contributed by atoms with van der Waals surface area (Å²) in [5.41, 5.74) is 0. The van der Waals surface area contributed by atoms with Crippen molar-refractivity contribution in [2.45, 2.75) is 31.8 Å². The van der Waals surface area contributed by atoms with E-state index in [9.17, 15) is 4.79 Å². The molecule has 0 bridgehead atoms. The molecule has 1 aromatic carbocycles. The van der Waals surface area contributed by atoms with Crippen LogP contribution in [0.2, 0.25) is 5.02 Å². The van der Waals surface area contributed by atoms with E-state index in [-0.39, 0.29) is 11.8 Å². The van der Waals surface area contributed by atoms with Gasteiger partial charge < -0.3 is 14.2 Å². The number of likely N-dealkylation sites (tertiary alicyclic amines) is 1. The molecule has 3 rings (SSSR count). The maximum Gasteiger partial charge on any atom is 0.263 e. The van der Waals surface area contributed by atoms with Crippen LogP contribution in [-0.4, -0.2) is 44.8 Å². The summed E-state index contributed by atoms with van der Waals surface area (Å²) in [6.07, 6.45) is 3.07. The normalized spacial score (nSPS) is 19.1. The van der Waals surface area contributed by atoms with Crippen LogP contribution < -0.4 is 4.74 Å². The third-order valence-corrected chi connectivity index (χ3v) is 4.65. The van der Waals surface area contributed by atoms with E-state index >= 15 is 0 Å². The summed E-state index contributed by atoms with van der Waals surface area (Å²) in [6, 6.07) is 7.19. The molecule has 0 saturated carbocycles. The van der Waals surface area contributed by atoms with Gasteiger partial charge in [0.25, 0.3) is 5.91 Å². The number of nitrogens with zero attached hydrogens (tertiary/aromatic N) is 4. The van der Waals surface area contributed by atoms with Crippen molar-refractivity contribution >= 4 is 17.5 Å². The van der Waals surface area contributed by atoms with Crippen molar-refractivity contribution in [3.63, 3.8) is 0 Å². The van der Waals surface area contributed by atoms with Crippen LogP contribution in [0, 0.1) is 0 Å². The van der Waals surface area contributed by atoms with Crippen molar-refractivity contribution in [2.24, 2.45) is 7.05 Å². The van der Waals surface area contributed by atoms with Crippen molar-refractivity contribution in [3.8, 4) is 5.75 Å². The monoisotopic (exact) mass is 348 g/mol. The summed E-state index contributed by atoms with van der Waals surface area (Å²) < 4.78 is 7.67. The summed E-state index contributed by atoms with van der Waals surface area (Å²) in [6.45, 7) is 3.14. The van der Waals surface area contributed by atoms with Crippen molar-refractivity contribution in [1.29, 1.82) is 0 Å². The van der Waals surface area contributed by atoms with E-state index in [0.717, 1.165) is 25.2 Å². The van der Waals surface area contributed by atoms with Gasteiger partial charge in [-0.3, -0.25) is 4.79 Å². The maximum absolute atomic E-state index is 12.7. The largest absolute Gasteiger partial charge is 0.479 e. The second-order valence-electron chi connectivity index (χ2n) is 6.11. The second kappa shape index (κ2) is 7.21. The average molecular weight is 349 g/mol. The molecule has 0 radical (unpaired) electrons. The van der Waals surface area contributed by atoms with Gasteiger partial charge in [0.15, 0.2) is 6.10 Å². The highest BCUT2D eigenvalue weighted by Crippen LogP contribution is 2.27. The number of amides is 1. The van der Waals surface area contributed by atoms with Gasteiger partial charge in [-0.25, -0.2) is 0 Å². The number of piperidine rings is 1. The van der Waals surface area contributed by atoms with E-state index < -0.39 is 6.10 Å². The third kappa shape index (κ3) is 3.53. The van der Waals surface area contributed by atoms with Crippen LogP contribution in [0.1, 0.15) is 31.5 Å². The highest BCUT2D eigenvalue weighted by atomic mass is 35.5. The summed E-state index contributed by atoms with van der Waals surface area (Å²) in [7, 11) is 1.93. The maximum atomic E-state index is 12.7. The van der Waals surface area contributed by atoms with Crippen molar-refractivity contribution in [3.05, 3.63) is 41.4 Å². The topological polar surface area (TPSA) is 60.2 Å². The van der Waals surface area contributed by atoms with Crippen LogP contribution in [0.15, 0.2) is 30.6 Å². The van der Waals surface area contributed by atoms with Gasteiger partial charge in [-0.2, -0.15) is 0 Å². The lowest BCUT2D eigenvalue weighted by atomic mass is 9.97. The van der Waals surface area contributed by atoms with Crippen molar-refractivity contribution in [1.82, 2.24) is 19.7 Å². The number of hydrogen-bond donors (Lipinski definition) is 0. The molecule has 1 fully saturated rings. The minimum atomic E-state index is -0.580. The fourth-order valence-corrected chi connectivity index (χ4v) is 3.27. The lowest BCUT2D eigenvalue weighted by molar-refractivity contribution is -0.139. The Morgan fingerprint density at radius 2 is 2.21 bits per heavy atom. The highest BCUT2D eigenvalue weighted by molar-refractivity contribution is 6.32. The first-order valence-corrected chi connectivity index (χ1v) is 8.48. The molecule has 24 heavy (non-hydrogen) atoms. The number of carbonyl (C=O) groups is 1. The summed E-state index contributed by atoms with van der Waals surface area (Å²) in [4.78, 5) is 14.6. The van der Waals surface area contributed by atoms with E-state index in [1.165, 1.54) is 0 Å². The molecule has 1 aliphatic heterocycles. The molecule has 128 valence electrons. The van der Waals surface area contributed by atoms with Crippen molar-refractivity contribution < 1.29 is 9.53 Å². The van der Waals surface area contributed by atoms with Crippen LogP contribution in [0.5, 0.6) is 5.75 Å². The number of aryl methyl sites for hydroxylation is 1. The summed E-state index contributed by atoms with van der Waals surface area (Å²) in [5, 5.41) is 8.63. The Bertz CT molecular complexity index is 718. The van der Waals surface area contributed by atoms with Crippen LogP contribution >= 0.6 is 11.6 Å². The first-order valence-electron chi connectivity index (χ1n) is 8.10. The summed E-state index contributed by atoms with van der Waals surface area (Å²) >= 11 is 6.10. The molecule has 6 nitrogen and oxygen atoms in total. The van der Waals surface area contributed by atoms with E-state index in [2.05, 4.69) is 10.2 Å². The molecule has 0 N–H and O–H groups in total. The zero-order valence-electron chi connectivity index (χ0n) is 13.9. The van der Waals surface area contributed by atoms with E-state index in [1.807, 2.05) is 28.6 Å². The molecule has 2 heterocycles. The SMILES string of the molecule is C[C@H](Oc1ccccc1Cl)C(=O)N1CCC[C@@H](c2nncn2C)C1. The molecular formula is C17H21ClN4O2. The Morgan fingerprint density at radius 1 is 1.42 bits per heavy atom. The second-order valence-corrected chi connectivity index (χ2v) is 6.52. The van der Waals surface area contributed by atoms with E-state index in [4.69, 9.17) is 16.3 Å². The van der Waals surface area contributed by atoms with Gasteiger partial charge in [-0.15, -0.1) is 10.2 Å².